The number of amides is 1. The third kappa shape index (κ3) is 3.81. The van der Waals surface area contributed by atoms with Gasteiger partial charge in [0.1, 0.15) is 0 Å². The summed E-state index contributed by atoms with van der Waals surface area (Å²) in [5, 5.41) is 9.70. The summed E-state index contributed by atoms with van der Waals surface area (Å²) in [6.45, 7) is 2.63. The summed E-state index contributed by atoms with van der Waals surface area (Å²) in [5.74, 6) is -0.522. The normalized spacial score (nSPS) is 10.8. The van der Waals surface area contributed by atoms with Gasteiger partial charge < -0.3 is 4.57 Å². The monoisotopic (exact) mass is 384 g/mol. The Morgan fingerprint density at radius 1 is 0.862 bits per heavy atom. The molecule has 0 aliphatic rings. The molecule has 2 N–H and O–H groups in total. The van der Waals surface area contributed by atoms with Crippen molar-refractivity contribution < 1.29 is 14.8 Å². The first-order valence-corrected chi connectivity index (χ1v) is 9.29. The van der Waals surface area contributed by atoms with Crippen LogP contribution in [0.15, 0.2) is 79.0 Å². The average molecular weight is 384 g/mol. The zero-order valence-electron chi connectivity index (χ0n) is 15.9. The smallest absolute Gasteiger partial charge is 0.274 e. The second kappa shape index (κ2) is 7.73. The quantitative estimate of drug-likeness (QED) is 0.305. The molecule has 0 bridgehead atoms. The standard InChI is InChI=1S/C24H20N2O3/c1-16-2-6-18(7-3-16)23(27)21-10-11-22-20(14-21)12-13-26(22)15-17-4-8-19(9-5-17)24(28)25-29/h2-14,29H,15H2,1H3,(H,25,28). The van der Waals surface area contributed by atoms with Crippen LogP contribution in [0.2, 0.25) is 0 Å². The van der Waals surface area contributed by atoms with Crippen LogP contribution < -0.4 is 5.48 Å². The van der Waals surface area contributed by atoms with Crippen molar-refractivity contribution in [3.63, 3.8) is 0 Å². The largest absolute Gasteiger partial charge is 0.343 e. The molecule has 1 aromatic heterocycles. The number of carbonyl (C=O) groups excluding carboxylic acids is 2. The Morgan fingerprint density at radius 2 is 1.52 bits per heavy atom. The molecule has 1 amide bonds. The Balaban J connectivity index is 1.57. The molecule has 0 atom stereocenters. The lowest BCUT2D eigenvalue weighted by Gasteiger charge is -2.08. The highest BCUT2D eigenvalue weighted by atomic mass is 16.5. The molecule has 0 unspecified atom stereocenters. The highest BCUT2D eigenvalue weighted by molar-refractivity contribution is 6.10. The number of hydroxylamine groups is 1. The van der Waals surface area contributed by atoms with Crippen LogP contribution in [-0.2, 0) is 6.54 Å². The second-order valence-corrected chi connectivity index (χ2v) is 7.05. The number of benzene rings is 3. The number of aryl methyl sites for hydroxylation is 1. The molecule has 5 heteroatoms. The maximum absolute atomic E-state index is 12.8. The zero-order valence-corrected chi connectivity index (χ0v) is 15.9. The van der Waals surface area contributed by atoms with Gasteiger partial charge >= 0.3 is 0 Å². The van der Waals surface area contributed by atoms with E-state index in [9.17, 15) is 9.59 Å². The number of hydrogen-bond acceptors (Lipinski definition) is 3. The molecule has 0 spiro atoms. The van der Waals surface area contributed by atoms with E-state index < -0.39 is 5.91 Å². The Bertz CT molecular complexity index is 1190. The fourth-order valence-electron chi connectivity index (χ4n) is 3.37. The van der Waals surface area contributed by atoms with Crippen LogP contribution in [0.25, 0.3) is 10.9 Å². The van der Waals surface area contributed by atoms with Gasteiger partial charge in [-0.1, -0.05) is 42.0 Å². The summed E-state index contributed by atoms with van der Waals surface area (Å²) < 4.78 is 2.09. The van der Waals surface area contributed by atoms with Crippen molar-refractivity contribution in [1.82, 2.24) is 10.0 Å². The van der Waals surface area contributed by atoms with Crippen molar-refractivity contribution in [1.29, 1.82) is 0 Å². The number of nitrogens with one attached hydrogen (secondary N) is 1. The molecule has 0 saturated carbocycles. The Kier molecular flexibility index (Phi) is 4.97. The SMILES string of the molecule is Cc1ccc(C(=O)c2ccc3c(ccn3Cc3ccc(C(=O)NO)cc3)c2)cc1. The molecule has 0 radical (unpaired) electrons. The predicted molar refractivity (Wildman–Crippen MR) is 111 cm³/mol. The maximum Gasteiger partial charge on any atom is 0.274 e. The van der Waals surface area contributed by atoms with E-state index in [1.165, 1.54) is 0 Å². The first-order chi connectivity index (χ1) is 14.0. The molecular formula is C24H20N2O3. The molecule has 144 valence electrons. The van der Waals surface area contributed by atoms with Crippen molar-refractivity contribution in [3.05, 3.63) is 107 Å². The number of ketones is 1. The molecule has 0 aliphatic heterocycles. The highest BCUT2D eigenvalue weighted by Crippen LogP contribution is 2.21. The number of fused-ring (bicyclic) bond motifs is 1. The van der Waals surface area contributed by atoms with Crippen molar-refractivity contribution in [2.75, 3.05) is 0 Å². The van der Waals surface area contributed by atoms with Crippen molar-refractivity contribution in [2.24, 2.45) is 0 Å². The van der Waals surface area contributed by atoms with E-state index in [-0.39, 0.29) is 5.78 Å². The van der Waals surface area contributed by atoms with E-state index in [2.05, 4.69) is 4.57 Å². The van der Waals surface area contributed by atoms with Gasteiger partial charge in [-0.05, 0) is 48.9 Å². The van der Waals surface area contributed by atoms with E-state index in [1.54, 1.807) is 17.6 Å². The molecule has 1 heterocycles. The average Bonchev–Trinajstić information content (AvgIpc) is 3.15. The van der Waals surface area contributed by atoms with Gasteiger partial charge in [0, 0.05) is 40.3 Å². The van der Waals surface area contributed by atoms with Gasteiger partial charge in [-0.25, -0.2) is 5.48 Å². The third-order valence-electron chi connectivity index (χ3n) is 5.02. The topological polar surface area (TPSA) is 71.3 Å². The number of nitrogens with zero attached hydrogens (tertiary/aromatic N) is 1. The summed E-state index contributed by atoms with van der Waals surface area (Å²) >= 11 is 0. The van der Waals surface area contributed by atoms with Crippen molar-refractivity contribution >= 4 is 22.6 Å². The van der Waals surface area contributed by atoms with Gasteiger partial charge in [0.2, 0.25) is 0 Å². The van der Waals surface area contributed by atoms with E-state index in [1.807, 2.05) is 73.8 Å². The molecule has 29 heavy (non-hydrogen) atoms. The van der Waals surface area contributed by atoms with E-state index >= 15 is 0 Å². The minimum atomic E-state index is -0.534. The van der Waals surface area contributed by atoms with Gasteiger partial charge in [0.15, 0.2) is 5.78 Å². The summed E-state index contributed by atoms with van der Waals surface area (Å²) in [4.78, 5) is 24.2. The van der Waals surface area contributed by atoms with Crippen LogP contribution >= 0.6 is 0 Å². The first-order valence-electron chi connectivity index (χ1n) is 9.29. The van der Waals surface area contributed by atoms with E-state index in [0.717, 1.165) is 22.0 Å². The zero-order chi connectivity index (χ0) is 20.4. The third-order valence-corrected chi connectivity index (χ3v) is 5.02. The van der Waals surface area contributed by atoms with E-state index in [4.69, 9.17) is 5.21 Å². The van der Waals surface area contributed by atoms with Gasteiger partial charge in [-0.3, -0.25) is 14.8 Å². The van der Waals surface area contributed by atoms with Crippen LogP contribution in [-0.4, -0.2) is 21.5 Å². The molecule has 0 fully saturated rings. The van der Waals surface area contributed by atoms with Crippen LogP contribution in [0, 0.1) is 6.92 Å². The lowest BCUT2D eigenvalue weighted by atomic mass is 10.0. The Labute approximate surface area is 168 Å². The molecule has 0 aliphatic carbocycles. The minimum Gasteiger partial charge on any atom is -0.343 e. The summed E-state index contributed by atoms with van der Waals surface area (Å²) in [6.07, 6.45) is 1.99. The van der Waals surface area contributed by atoms with Gasteiger partial charge in [0.25, 0.3) is 5.91 Å². The molecule has 4 rings (SSSR count). The van der Waals surface area contributed by atoms with Crippen LogP contribution in [0.4, 0.5) is 0 Å². The van der Waals surface area contributed by atoms with Crippen molar-refractivity contribution in [2.45, 2.75) is 13.5 Å². The lowest BCUT2D eigenvalue weighted by molar-refractivity contribution is 0.0706. The number of aromatic nitrogens is 1. The Hall–Kier alpha value is -3.70. The number of carbonyl (C=O) groups is 2. The van der Waals surface area contributed by atoms with Gasteiger partial charge in [-0.15, -0.1) is 0 Å². The second-order valence-electron chi connectivity index (χ2n) is 7.05. The fourth-order valence-corrected chi connectivity index (χ4v) is 3.37. The van der Waals surface area contributed by atoms with Gasteiger partial charge in [-0.2, -0.15) is 0 Å². The molecular weight excluding hydrogens is 364 g/mol. The summed E-state index contributed by atoms with van der Waals surface area (Å²) in [7, 11) is 0. The fraction of sp³-hybridized carbons (Fsp3) is 0.0833. The summed E-state index contributed by atoms with van der Waals surface area (Å²) in [5.41, 5.74) is 6.55. The van der Waals surface area contributed by atoms with E-state index in [0.29, 0.717) is 23.2 Å². The number of rotatable bonds is 5. The van der Waals surface area contributed by atoms with Crippen LogP contribution in [0.1, 0.15) is 37.4 Å². The molecule has 4 aromatic rings. The van der Waals surface area contributed by atoms with Crippen LogP contribution in [0.5, 0.6) is 0 Å². The predicted octanol–water partition coefficient (Wildman–Crippen LogP) is 4.35. The Morgan fingerprint density at radius 3 is 2.21 bits per heavy atom. The minimum absolute atomic E-state index is 0.0115. The summed E-state index contributed by atoms with van der Waals surface area (Å²) in [6, 6.07) is 22.4. The maximum atomic E-state index is 12.8. The van der Waals surface area contributed by atoms with Crippen molar-refractivity contribution in [3.8, 4) is 0 Å². The molecule has 0 saturated heterocycles. The molecule has 5 nitrogen and oxygen atoms in total. The lowest BCUT2D eigenvalue weighted by Crippen LogP contribution is -2.18. The van der Waals surface area contributed by atoms with Gasteiger partial charge in [0.05, 0.1) is 0 Å². The highest BCUT2D eigenvalue weighted by Gasteiger charge is 2.11. The first kappa shape index (κ1) is 18.7. The number of hydrogen-bond donors (Lipinski definition) is 2. The van der Waals surface area contributed by atoms with Crippen LogP contribution in [0.3, 0.4) is 0 Å². The molecule has 3 aromatic carbocycles.